The van der Waals surface area contributed by atoms with Crippen molar-refractivity contribution in [3.63, 3.8) is 0 Å². The van der Waals surface area contributed by atoms with Gasteiger partial charge in [-0.25, -0.2) is 0 Å². The van der Waals surface area contributed by atoms with Crippen LogP contribution in [0.4, 0.5) is 11.4 Å². The minimum Gasteiger partial charge on any atom is -0.339 e. The van der Waals surface area contributed by atoms with Crippen molar-refractivity contribution in [2.45, 2.75) is 12.5 Å². The monoisotopic (exact) mass is 311 g/mol. The molecule has 0 unspecified atom stereocenters. The fourth-order valence-electron chi connectivity index (χ4n) is 2.67. The van der Waals surface area contributed by atoms with E-state index in [0.717, 1.165) is 16.9 Å². The maximum absolute atomic E-state index is 12.2. The molecule has 2 aromatic rings. The van der Waals surface area contributed by atoms with Gasteiger partial charge in [-0.1, -0.05) is 23.7 Å². The fourth-order valence-corrected chi connectivity index (χ4v) is 2.90. The van der Waals surface area contributed by atoms with E-state index in [1.807, 2.05) is 29.2 Å². The van der Waals surface area contributed by atoms with Gasteiger partial charge in [-0.3, -0.25) is 4.79 Å². The summed E-state index contributed by atoms with van der Waals surface area (Å²) in [6.07, 6.45) is 0.227. The molecular weight excluding hydrogens is 298 g/mol. The highest BCUT2D eigenvalue weighted by atomic mass is 35.5. The number of carbonyl (C=O) groups is 1. The topological polar surface area (TPSA) is 70.1 Å². The number of halogens is 1. The van der Waals surface area contributed by atoms with Crippen LogP contribution in [0.15, 0.2) is 42.5 Å². The lowest BCUT2D eigenvalue weighted by Gasteiger charge is -2.26. The second-order valence-corrected chi connectivity index (χ2v) is 5.67. The summed E-state index contributed by atoms with van der Waals surface area (Å²) in [6.45, 7) is 0.362. The van der Waals surface area contributed by atoms with Crippen LogP contribution in [-0.2, 0) is 11.2 Å². The Hall–Kier alpha value is -2.35. The molecule has 1 aliphatic heterocycles. The van der Waals surface area contributed by atoms with E-state index in [1.54, 1.807) is 18.2 Å². The first kappa shape index (κ1) is 14.6. The Balaban J connectivity index is 2.16. The molecule has 3 rings (SSSR count). The van der Waals surface area contributed by atoms with Crippen LogP contribution in [0.3, 0.4) is 0 Å². The Morgan fingerprint density at radius 1 is 1.27 bits per heavy atom. The van der Waals surface area contributed by atoms with E-state index >= 15 is 0 Å². The van der Waals surface area contributed by atoms with Gasteiger partial charge in [-0.05, 0) is 30.3 Å². The van der Waals surface area contributed by atoms with Crippen LogP contribution in [0.5, 0.6) is 0 Å². The first-order valence-electron chi connectivity index (χ1n) is 6.93. The number of ketones is 1. The molecule has 0 amide bonds. The molecule has 0 radical (unpaired) electrons. The Kier molecular flexibility index (Phi) is 3.84. The van der Waals surface area contributed by atoms with Crippen LogP contribution in [-0.4, -0.2) is 18.4 Å². The summed E-state index contributed by atoms with van der Waals surface area (Å²) in [5.74, 6) is -0.0340. The molecular formula is C17H14ClN3O. The molecule has 0 aliphatic carbocycles. The number of nitrogens with zero attached hydrogens (tertiary/aromatic N) is 2. The average Bonchev–Trinajstić information content (AvgIpc) is 2.66. The van der Waals surface area contributed by atoms with Crippen LogP contribution in [0, 0.1) is 11.3 Å². The standard InChI is InChI=1S/C17H14ClN3O/c18-14-5-2-6-16-13(14)8-17(22)15(20)10-21(16)12-4-1-3-11(7-12)9-19/h1-7,15H,8,10,20H2/t15-/m0/s1. The van der Waals surface area contributed by atoms with Gasteiger partial charge in [0.1, 0.15) is 0 Å². The number of nitrogens with two attached hydrogens (primary N) is 1. The van der Waals surface area contributed by atoms with Crippen molar-refractivity contribution in [1.82, 2.24) is 0 Å². The van der Waals surface area contributed by atoms with E-state index in [0.29, 0.717) is 17.1 Å². The van der Waals surface area contributed by atoms with E-state index in [2.05, 4.69) is 6.07 Å². The lowest BCUT2D eigenvalue weighted by molar-refractivity contribution is -0.119. The summed E-state index contributed by atoms with van der Waals surface area (Å²) in [7, 11) is 0. The second kappa shape index (κ2) is 5.80. The van der Waals surface area contributed by atoms with E-state index in [9.17, 15) is 4.79 Å². The summed E-state index contributed by atoms with van der Waals surface area (Å²) in [4.78, 5) is 14.1. The molecule has 0 fully saturated rings. The number of anilines is 2. The Morgan fingerprint density at radius 3 is 2.82 bits per heavy atom. The van der Waals surface area contributed by atoms with E-state index in [1.165, 1.54) is 0 Å². The lowest BCUT2D eigenvalue weighted by atomic mass is 10.1. The highest BCUT2D eigenvalue weighted by Gasteiger charge is 2.27. The zero-order chi connectivity index (χ0) is 15.7. The molecule has 22 heavy (non-hydrogen) atoms. The van der Waals surface area contributed by atoms with Crippen molar-refractivity contribution in [3.05, 3.63) is 58.6 Å². The maximum atomic E-state index is 12.2. The van der Waals surface area contributed by atoms with Crippen LogP contribution < -0.4 is 10.6 Å². The van der Waals surface area contributed by atoms with E-state index < -0.39 is 6.04 Å². The van der Waals surface area contributed by atoms with Crippen LogP contribution in [0.2, 0.25) is 5.02 Å². The van der Waals surface area contributed by atoms with Crippen molar-refractivity contribution < 1.29 is 4.79 Å². The number of carbonyl (C=O) groups excluding carboxylic acids is 1. The number of benzene rings is 2. The third-order valence-corrected chi connectivity index (χ3v) is 4.17. The Morgan fingerprint density at radius 2 is 2.05 bits per heavy atom. The predicted octanol–water partition coefficient (Wildman–Crippen LogP) is 2.80. The number of Topliss-reactive ketones (excluding diaryl/α,β-unsaturated/α-hetero) is 1. The Labute approximate surface area is 133 Å². The summed E-state index contributed by atoms with van der Waals surface area (Å²) < 4.78 is 0. The molecule has 5 heteroatoms. The largest absolute Gasteiger partial charge is 0.339 e. The summed E-state index contributed by atoms with van der Waals surface area (Å²) in [5, 5.41) is 9.64. The van der Waals surface area contributed by atoms with Crippen molar-refractivity contribution in [3.8, 4) is 6.07 Å². The van der Waals surface area contributed by atoms with Crippen molar-refractivity contribution in [2.24, 2.45) is 5.73 Å². The van der Waals surface area contributed by atoms with Gasteiger partial charge in [0, 0.05) is 34.9 Å². The first-order valence-corrected chi connectivity index (χ1v) is 7.31. The number of hydrogen-bond donors (Lipinski definition) is 1. The molecule has 1 heterocycles. The van der Waals surface area contributed by atoms with Gasteiger partial charge in [0.05, 0.1) is 17.7 Å². The SMILES string of the molecule is N#Cc1cccc(N2C[C@H](N)C(=O)Cc3c(Cl)cccc32)c1. The molecule has 110 valence electrons. The molecule has 4 nitrogen and oxygen atoms in total. The van der Waals surface area contributed by atoms with Gasteiger partial charge in [0.25, 0.3) is 0 Å². The minimum atomic E-state index is -0.589. The highest BCUT2D eigenvalue weighted by molar-refractivity contribution is 6.32. The molecule has 0 bridgehead atoms. The van der Waals surface area contributed by atoms with Gasteiger partial charge >= 0.3 is 0 Å². The third-order valence-electron chi connectivity index (χ3n) is 3.82. The van der Waals surface area contributed by atoms with Crippen LogP contribution in [0.25, 0.3) is 0 Å². The number of fused-ring (bicyclic) bond motifs is 1. The fraction of sp³-hybridized carbons (Fsp3) is 0.176. The van der Waals surface area contributed by atoms with Gasteiger partial charge in [-0.15, -0.1) is 0 Å². The maximum Gasteiger partial charge on any atom is 0.155 e. The minimum absolute atomic E-state index is 0.0340. The molecule has 1 aliphatic rings. The van der Waals surface area contributed by atoms with E-state index in [4.69, 9.17) is 22.6 Å². The smallest absolute Gasteiger partial charge is 0.155 e. The molecule has 0 spiro atoms. The molecule has 2 N–H and O–H groups in total. The quantitative estimate of drug-likeness (QED) is 0.879. The van der Waals surface area contributed by atoms with Gasteiger partial charge in [0.2, 0.25) is 0 Å². The lowest BCUT2D eigenvalue weighted by Crippen LogP contribution is -2.39. The summed E-state index contributed by atoms with van der Waals surface area (Å²) in [6, 6.07) is 14.3. The highest BCUT2D eigenvalue weighted by Crippen LogP contribution is 2.35. The van der Waals surface area contributed by atoms with Crippen molar-refractivity contribution in [1.29, 1.82) is 5.26 Å². The average molecular weight is 312 g/mol. The van der Waals surface area contributed by atoms with Crippen LogP contribution >= 0.6 is 11.6 Å². The summed E-state index contributed by atoms with van der Waals surface area (Å²) >= 11 is 6.27. The van der Waals surface area contributed by atoms with E-state index in [-0.39, 0.29) is 12.2 Å². The van der Waals surface area contributed by atoms with Gasteiger partial charge < -0.3 is 10.6 Å². The van der Waals surface area contributed by atoms with Gasteiger partial charge in [0.15, 0.2) is 5.78 Å². The molecule has 0 saturated heterocycles. The summed E-state index contributed by atoms with van der Waals surface area (Å²) in [5.41, 5.74) is 9.04. The number of rotatable bonds is 1. The number of hydrogen-bond acceptors (Lipinski definition) is 4. The zero-order valence-corrected chi connectivity index (χ0v) is 12.5. The van der Waals surface area contributed by atoms with Gasteiger partial charge in [-0.2, -0.15) is 5.26 Å². The normalized spacial score (nSPS) is 17.6. The molecule has 2 aromatic carbocycles. The second-order valence-electron chi connectivity index (χ2n) is 5.26. The van der Waals surface area contributed by atoms with Crippen molar-refractivity contribution >= 4 is 28.8 Å². The zero-order valence-electron chi connectivity index (χ0n) is 11.8. The Bertz CT molecular complexity index is 782. The molecule has 0 saturated carbocycles. The van der Waals surface area contributed by atoms with Crippen LogP contribution in [0.1, 0.15) is 11.1 Å². The predicted molar refractivity (Wildman–Crippen MR) is 86.3 cm³/mol. The molecule has 0 aromatic heterocycles. The molecule has 1 atom stereocenters. The first-order chi connectivity index (χ1) is 10.6. The number of nitriles is 1. The van der Waals surface area contributed by atoms with Crippen molar-refractivity contribution in [2.75, 3.05) is 11.4 Å². The third kappa shape index (κ3) is 2.57.